The fraction of sp³-hybridized carbons (Fsp3) is 0.304. The number of halogens is 1. The summed E-state index contributed by atoms with van der Waals surface area (Å²) in [5.74, 6) is 1.06. The Bertz CT molecular complexity index is 1010. The van der Waals surface area contributed by atoms with Gasteiger partial charge in [-0.1, -0.05) is 12.1 Å². The maximum atomic E-state index is 13.1. The number of hydrogen-bond donors (Lipinski definition) is 1. The lowest BCUT2D eigenvalue weighted by molar-refractivity contribution is 0.194. The molecule has 2 amide bonds. The van der Waals surface area contributed by atoms with Crippen molar-refractivity contribution in [3.05, 3.63) is 66.0 Å². The average Bonchev–Trinajstić information content (AvgIpc) is 2.74. The number of pyridine rings is 1. The number of carbonyl (C=O) groups is 1. The third kappa shape index (κ3) is 4.31. The molecule has 1 aliphatic rings. The van der Waals surface area contributed by atoms with Gasteiger partial charge in [-0.3, -0.25) is 0 Å². The Morgan fingerprint density at radius 2 is 1.79 bits per heavy atom. The first-order valence-corrected chi connectivity index (χ1v) is 9.89. The van der Waals surface area contributed by atoms with Gasteiger partial charge < -0.3 is 15.1 Å². The van der Waals surface area contributed by atoms with Gasteiger partial charge in [0.05, 0.1) is 5.52 Å². The second-order valence-corrected chi connectivity index (χ2v) is 7.71. The molecule has 1 saturated heterocycles. The molecule has 1 aliphatic heterocycles. The topological polar surface area (TPSA) is 48.5 Å². The summed E-state index contributed by atoms with van der Waals surface area (Å²) in [6, 6.07) is 16.4. The van der Waals surface area contributed by atoms with Crippen molar-refractivity contribution in [3.8, 4) is 0 Å². The van der Waals surface area contributed by atoms with Crippen molar-refractivity contribution in [3.63, 3.8) is 0 Å². The largest absolute Gasteiger partial charge is 0.363 e. The molecule has 0 saturated carbocycles. The highest BCUT2D eigenvalue weighted by Gasteiger charge is 2.24. The van der Waals surface area contributed by atoms with Crippen molar-refractivity contribution in [1.29, 1.82) is 0 Å². The van der Waals surface area contributed by atoms with E-state index in [2.05, 4.69) is 10.3 Å². The number of aromatic nitrogens is 1. The lowest BCUT2D eigenvalue weighted by atomic mass is 9.89. The second-order valence-electron chi connectivity index (χ2n) is 7.71. The Labute approximate surface area is 170 Å². The highest BCUT2D eigenvalue weighted by molar-refractivity contribution is 5.93. The molecule has 1 aromatic heterocycles. The number of benzene rings is 2. The van der Waals surface area contributed by atoms with Crippen LogP contribution in [-0.4, -0.2) is 43.1 Å². The zero-order valence-corrected chi connectivity index (χ0v) is 16.7. The second kappa shape index (κ2) is 8.07. The normalized spacial score (nSPS) is 14.8. The van der Waals surface area contributed by atoms with Crippen molar-refractivity contribution in [1.82, 2.24) is 9.88 Å². The number of urea groups is 1. The Kier molecular flexibility index (Phi) is 5.34. The van der Waals surface area contributed by atoms with Crippen LogP contribution in [0.25, 0.3) is 10.9 Å². The van der Waals surface area contributed by atoms with Crippen LogP contribution < -0.4 is 10.2 Å². The molecule has 0 spiro atoms. The lowest BCUT2D eigenvalue weighted by Gasteiger charge is -2.32. The van der Waals surface area contributed by atoms with E-state index in [1.807, 2.05) is 66.4 Å². The van der Waals surface area contributed by atoms with Crippen LogP contribution in [0.5, 0.6) is 0 Å². The number of nitrogens with zero attached hydrogens (tertiary/aromatic N) is 3. The molecule has 1 fully saturated rings. The monoisotopic (exact) mass is 392 g/mol. The van der Waals surface area contributed by atoms with Gasteiger partial charge in [-0.05, 0) is 66.8 Å². The number of fused-ring (bicyclic) bond motifs is 1. The molecule has 29 heavy (non-hydrogen) atoms. The van der Waals surface area contributed by atoms with Crippen LogP contribution in [0.4, 0.5) is 20.7 Å². The lowest BCUT2D eigenvalue weighted by Crippen LogP contribution is -2.40. The number of anilines is 2. The molecular weight excluding hydrogens is 367 g/mol. The summed E-state index contributed by atoms with van der Waals surface area (Å²) in [6.45, 7) is 1.38. The average molecular weight is 392 g/mol. The Balaban J connectivity index is 1.38. The molecule has 0 atom stereocenters. The smallest absolute Gasteiger partial charge is 0.321 e. The molecule has 150 valence electrons. The maximum Gasteiger partial charge on any atom is 0.321 e. The first-order valence-electron chi connectivity index (χ1n) is 9.89. The molecule has 2 aromatic carbocycles. The Morgan fingerprint density at radius 3 is 2.48 bits per heavy atom. The third-order valence-corrected chi connectivity index (χ3v) is 5.51. The van der Waals surface area contributed by atoms with E-state index in [-0.39, 0.29) is 11.8 Å². The highest BCUT2D eigenvalue weighted by Crippen LogP contribution is 2.28. The van der Waals surface area contributed by atoms with E-state index < -0.39 is 0 Å². The van der Waals surface area contributed by atoms with Gasteiger partial charge in [0.15, 0.2) is 0 Å². The summed E-state index contributed by atoms with van der Waals surface area (Å²) < 4.78 is 13.1. The van der Waals surface area contributed by atoms with Gasteiger partial charge in [-0.25, -0.2) is 14.2 Å². The van der Waals surface area contributed by atoms with Crippen LogP contribution in [-0.2, 0) is 0 Å². The summed E-state index contributed by atoms with van der Waals surface area (Å²) in [5.41, 5.74) is 2.81. The van der Waals surface area contributed by atoms with E-state index in [4.69, 9.17) is 0 Å². The molecule has 1 N–H and O–H groups in total. The minimum Gasteiger partial charge on any atom is -0.363 e. The fourth-order valence-corrected chi connectivity index (χ4v) is 3.80. The minimum atomic E-state index is -0.214. The van der Waals surface area contributed by atoms with Crippen LogP contribution in [0, 0.1) is 5.82 Å². The van der Waals surface area contributed by atoms with Gasteiger partial charge in [-0.2, -0.15) is 0 Å². The molecule has 3 aromatic rings. The van der Waals surface area contributed by atoms with Gasteiger partial charge in [0.25, 0.3) is 0 Å². The molecule has 0 radical (unpaired) electrons. The van der Waals surface area contributed by atoms with Gasteiger partial charge >= 0.3 is 6.03 Å². The predicted molar refractivity (Wildman–Crippen MR) is 115 cm³/mol. The number of nitrogens with one attached hydrogen (secondary N) is 1. The maximum absolute atomic E-state index is 13.1. The predicted octanol–water partition coefficient (Wildman–Crippen LogP) is 4.85. The van der Waals surface area contributed by atoms with Gasteiger partial charge in [0, 0.05) is 38.3 Å². The molecule has 2 heterocycles. The zero-order valence-electron chi connectivity index (χ0n) is 16.7. The van der Waals surface area contributed by atoms with Crippen molar-refractivity contribution in [2.24, 2.45) is 0 Å². The Hall–Kier alpha value is -3.15. The van der Waals surface area contributed by atoms with E-state index in [0.29, 0.717) is 19.0 Å². The number of hydrogen-bond acceptors (Lipinski definition) is 3. The van der Waals surface area contributed by atoms with E-state index in [9.17, 15) is 9.18 Å². The highest BCUT2D eigenvalue weighted by atomic mass is 19.1. The number of rotatable bonds is 3. The van der Waals surface area contributed by atoms with Gasteiger partial charge in [-0.15, -0.1) is 0 Å². The van der Waals surface area contributed by atoms with Crippen molar-refractivity contribution < 1.29 is 9.18 Å². The van der Waals surface area contributed by atoms with E-state index >= 15 is 0 Å². The summed E-state index contributed by atoms with van der Waals surface area (Å²) in [4.78, 5) is 21.1. The van der Waals surface area contributed by atoms with Crippen LogP contribution in [0.1, 0.15) is 24.3 Å². The SMILES string of the molecule is CN(C)c1ccc2cc(NC(=O)N3CCC(c4ccc(F)cc4)CC3)ccc2n1. The summed E-state index contributed by atoms with van der Waals surface area (Å²) >= 11 is 0. The first-order chi connectivity index (χ1) is 14.0. The summed E-state index contributed by atoms with van der Waals surface area (Å²) in [7, 11) is 3.92. The zero-order chi connectivity index (χ0) is 20.4. The first kappa shape index (κ1) is 19.2. The van der Waals surface area contributed by atoms with Crippen LogP contribution in [0.3, 0.4) is 0 Å². The molecule has 0 bridgehead atoms. The van der Waals surface area contributed by atoms with Crippen LogP contribution in [0.15, 0.2) is 54.6 Å². The van der Waals surface area contributed by atoms with E-state index in [0.717, 1.165) is 40.8 Å². The number of likely N-dealkylation sites (tertiary alicyclic amines) is 1. The third-order valence-electron chi connectivity index (χ3n) is 5.51. The minimum absolute atomic E-state index is 0.0835. The standard InChI is InChI=1S/C23H25FN4O/c1-27(2)22-10-5-18-15-20(8-9-21(18)26-22)25-23(29)28-13-11-17(12-14-28)16-3-6-19(24)7-4-16/h3-10,15,17H,11-14H2,1-2H3,(H,25,29). The van der Waals surface area contributed by atoms with Gasteiger partial charge in [0.1, 0.15) is 11.6 Å². The quantitative estimate of drug-likeness (QED) is 0.693. The van der Waals surface area contributed by atoms with E-state index in [1.165, 1.54) is 12.1 Å². The van der Waals surface area contributed by atoms with Crippen molar-refractivity contribution >= 4 is 28.4 Å². The molecule has 5 nitrogen and oxygen atoms in total. The molecule has 0 unspecified atom stereocenters. The molecule has 6 heteroatoms. The molecular formula is C23H25FN4O. The van der Waals surface area contributed by atoms with Crippen LogP contribution >= 0.6 is 0 Å². The van der Waals surface area contributed by atoms with Crippen LogP contribution in [0.2, 0.25) is 0 Å². The van der Waals surface area contributed by atoms with Crippen molar-refractivity contribution in [2.45, 2.75) is 18.8 Å². The summed E-state index contributed by atoms with van der Waals surface area (Å²) in [6.07, 6.45) is 1.77. The van der Waals surface area contributed by atoms with Crippen molar-refractivity contribution in [2.75, 3.05) is 37.4 Å². The fourth-order valence-electron chi connectivity index (χ4n) is 3.80. The number of piperidine rings is 1. The summed E-state index contributed by atoms with van der Waals surface area (Å²) in [5, 5.41) is 3.99. The van der Waals surface area contributed by atoms with E-state index in [1.54, 1.807) is 0 Å². The number of carbonyl (C=O) groups excluding carboxylic acids is 1. The molecule has 0 aliphatic carbocycles. The molecule has 4 rings (SSSR count). The van der Waals surface area contributed by atoms with Gasteiger partial charge in [0.2, 0.25) is 0 Å². The Morgan fingerprint density at radius 1 is 1.07 bits per heavy atom. The number of amides is 2.